The summed E-state index contributed by atoms with van der Waals surface area (Å²) in [6.07, 6.45) is 0.958. The summed E-state index contributed by atoms with van der Waals surface area (Å²) in [7, 11) is -2.91. The first-order valence-corrected chi connectivity index (χ1v) is 15.5. The number of amides is 2. The Hall–Kier alpha value is -2.98. The normalized spacial score (nSPS) is 12.0. The number of nitrogens with one attached hydrogen (secondary N) is 1. The highest BCUT2D eigenvalue weighted by molar-refractivity contribution is 7.92. The second-order valence-corrected chi connectivity index (χ2v) is 12.2. The molecule has 0 saturated heterocycles. The SMILES string of the molecule is CCCNC(=O)C(CC)N(Cc1c(Cl)cccc1Cl)C(=O)CN(c1cc(Cl)ccc1OC)S(=O)(=O)c1ccccc1. The van der Waals surface area contributed by atoms with Crippen LogP contribution in [0, 0.1) is 0 Å². The van der Waals surface area contributed by atoms with E-state index in [1.54, 1.807) is 49.4 Å². The van der Waals surface area contributed by atoms with Gasteiger partial charge in [-0.15, -0.1) is 0 Å². The van der Waals surface area contributed by atoms with Crippen molar-refractivity contribution in [2.24, 2.45) is 0 Å². The molecular formula is C29H32Cl3N3O5S. The van der Waals surface area contributed by atoms with E-state index in [2.05, 4.69) is 5.32 Å². The van der Waals surface area contributed by atoms with Crippen molar-refractivity contribution in [3.8, 4) is 5.75 Å². The monoisotopic (exact) mass is 639 g/mol. The molecule has 1 atom stereocenters. The van der Waals surface area contributed by atoms with Crippen LogP contribution >= 0.6 is 34.8 Å². The van der Waals surface area contributed by atoms with E-state index in [1.165, 1.54) is 36.3 Å². The number of hydrogen-bond acceptors (Lipinski definition) is 5. The maximum atomic E-state index is 14.2. The van der Waals surface area contributed by atoms with E-state index in [9.17, 15) is 18.0 Å². The van der Waals surface area contributed by atoms with Gasteiger partial charge in [0.15, 0.2) is 0 Å². The maximum Gasteiger partial charge on any atom is 0.264 e. The Kier molecular flexibility index (Phi) is 11.7. The molecule has 3 aromatic rings. The number of anilines is 1. The number of sulfonamides is 1. The lowest BCUT2D eigenvalue weighted by atomic mass is 10.1. The molecule has 0 fully saturated rings. The van der Waals surface area contributed by atoms with E-state index >= 15 is 0 Å². The van der Waals surface area contributed by atoms with Crippen molar-refractivity contribution < 1.29 is 22.7 Å². The predicted molar refractivity (Wildman–Crippen MR) is 163 cm³/mol. The van der Waals surface area contributed by atoms with Crippen LogP contribution in [-0.2, 0) is 26.2 Å². The molecule has 0 radical (unpaired) electrons. The van der Waals surface area contributed by atoms with Gasteiger partial charge in [-0.1, -0.05) is 72.9 Å². The van der Waals surface area contributed by atoms with Crippen molar-refractivity contribution in [2.75, 3.05) is 24.5 Å². The maximum absolute atomic E-state index is 14.2. The predicted octanol–water partition coefficient (Wildman–Crippen LogP) is 6.18. The summed E-state index contributed by atoms with van der Waals surface area (Å²) in [5.41, 5.74) is 0.500. The Bertz CT molecular complexity index is 1450. The van der Waals surface area contributed by atoms with Gasteiger partial charge in [0.1, 0.15) is 18.3 Å². The van der Waals surface area contributed by atoms with E-state index in [4.69, 9.17) is 39.5 Å². The molecule has 0 aliphatic rings. The second kappa shape index (κ2) is 14.8. The molecule has 2 amide bonds. The third-order valence-corrected chi connectivity index (χ3v) is 9.06. The van der Waals surface area contributed by atoms with Crippen molar-refractivity contribution in [3.63, 3.8) is 0 Å². The number of carbonyl (C=O) groups is 2. The van der Waals surface area contributed by atoms with Gasteiger partial charge in [0.2, 0.25) is 11.8 Å². The zero-order chi connectivity index (χ0) is 30.2. The first kappa shape index (κ1) is 32.5. The summed E-state index contributed by atoms with van der Waals surface area (Å²) < 4.78 is 34.4. The van der Waals surface area contributed by atoms with Crippen molar-refractivity contribution in [2.45, 2.75) is 44.2 Å². The number of nitrogens with zero attached hydrogens (tertiary/aromatic N) is 2. The Balaban J connectivity index is 2.15. The number of halogens is 3. The Labute approximate surface area is 256 Å². The molecule has 0 aliphatic carbocycles. The Morgan fingerprint density at radius 2 is 1.61 bits per heavy atom. The largest absolute Gasteiger partial charge is 0.495 e. The van der Waals surface area contributed by atoms with Gasteiger partial charge in [0.05, 0.1) is 17.7 Å². The van der Waals surface area contributed by atoms with Crippen LogP contribution in [0.4, 0.5) is 5.69 Å². The molecule has 1 unspecified atom stereocenters. The van der Waals surface area contributed by atoms with Gasteiger partial charge in [-0.2, -0.15) is 0 Å². The highest BCUT2D eigenvalue weighted by Gasteiger charge is 2.35. The number of carbonyl (C=O) groups excluding carboxylic acids is 2. The first-order valence-electron chi connectivity index (χ1n) is 13.0. The lowest BCUT2D eigenvalue weighted by molar-refractivity contribution is -0.140. The smallest absolute Gasteiger partial charge is 0.264 e. The van der Waals surface area contributed by atoms with Crippen LogP contribution in [0.2, 0.25) is 15.1 Å². The van der Waals surface area contributed by atoms with Gasteiger partial charge < -0.3 is 15.0 Å². The van der Waals surface area contributed by atoms with Gasteiger partial charge in [-0.25, -0.2) is 8.42 Å². The molecule has 0 aromatic heterocycles. The van der Waals surface area contributed by atoms with E-state index in [0.717, 1.165) is 4.31 Å². The van der Waals surface area contributed by atoms with Gasteiger partial charge in [-0.3, -0.25) is 13.9 Å². The summed E-state index contributed by atoms with van der Waals surface area (Å²) in [5, 5.41) is 3.69. The molecule has 3 rings (SSSR count). The standard InChI is InChI=1S/C29H32Cl3N3O5S/c1-4-16-33-29(37)25(5-2)34(18-22-23(31)12-9-13-24(22)32)28(36)19-35(26-17-20(30)14-15-27(26)40-3)41(38,39)21-10-7-6-8-11-21/h6-15,17,25H,4-5,16,18-19H2,1-3H3,(H,33,37). The highest BCUT2D eigenvalue weighted by atomic mass is 35.5. The van der Waals surface area contributed by atoms with Crippen LogP contribution in [0.3, 0.4) is 0 Å². The molecule has 0 spiro atoms. The minimum Gasteiger partial charge on any atom is -0.495 e. The fourth-order valence-electron chi connectivity index (χ4n) is 4.23. The van der Waals surface area contributed by atoms with Crippen LogP contribution < -0.4 is 14.4 Å². The molecule has 8 nitrogen and oxygen atoms in total. The molecule has 12 heteroatoms. The molecule has 0 heterocycles. The minimum atomic E-state index is -4.29. The number of ether oxygens (including phenoxy) is 1. The molecule has 3 aromatic carbocycles. The summed E-state index contributed by atoms with van der Waals surface area (Å²) in [4.78, 5) is 28.7. The van der Waals surface area contributed by atoms with Crippen LogP contribution in [0.1, 0.15) is 32.3 Å². The van der Waals surface area contributed by atoms with Crippen LogP contribution in [0.5, 0.6) is 5.75 Å². The summed E-state index contributed by atoms with van der Waals surface area (Å²) >= 11 is 19.1. The molecule has 0 saturated carbocycles. The van der Waals surface area contributed by atoms with Crippen molar-refractivity contribution in [1.82, 2.24) is 10.2 Å². The summed E-state index contributed by atoms with van der Waals surface area (Å²) in [6, 6.07) is 16.2. The average molecular weight is 641 g/mol. The van der Waals surface area contributed by atoms with E-state index in [0.29, 0.717) is 28.6 Å². The topological polar surface area (TPSA) is 96.0 Å². The number of hydrogen-bond donors (Lipinski definition) is 1. The molecule has 1 N–H and O–H groups in total. The van der Waals surface area contributed by atoms with E-state index < -0.39 is 28.5 Å². The molecular weight excluding hydrogens is 609 g/mol. The number of methoxy groups -OCH3 is 1. The third kappa shape index (κ3) is 7.86. The Morgan fingerprint density at radius 1 is 0.951 bits per heavy atom. The quantitative estimate of drug-likeness (QED) is 0.241. The highest BCUT2D eigenvalue weighted by Crippen LogP contribution is 2.35. The first-order chi connectivity index (χ1) is 19.5. The van der Waals surface area contributed by atoms with Gasteiger partial charge in [0.25, 0.3) is 10.0 Å². The van der Waals surface area contributed by atoms with Crippen molar-refractivity contribution in [1.29, 1.82) is 0 Å². The number of rotatable bonds is 13. The van der Waals surface area contributed by atoms with Crippen LogP contribution in [0.15, 0.2) is 71.6 Å². The molecule has 0 bridgehead atoms. The Morgan fingerprint density at radius 3 is 2.20 bits per heavy atom. The zero-order valence-electron chi connectivity index (χ0n) is 22.9. The fourth-order valence-corrected chi connectivity index (χ4v) is 6.35. The van der Waals surface area contributed by atoms with Gasteiger partial charge >= 0.3 is 0 Å². The molecule has 41 heavy (non-hydrogen) atoms. The summed E-state index contributed by atoms with van der Waals surface area (Å²) in [6.45, 7) is 3.31. The zero-order valence-corrected chi connectivity index (χ0v) is 26.0. The average Bonchev–Trinajstić information content (AvgIpc) is 2.96. The van der Waals surface area contributed by atoms with Crippen LogP contribution in [0.25, 0.3) is 0 Å². The van der Waals surface area contributed by atoms with Crippen molar-refractivity contribution in [3.05, 3.63) is 87.4 Å². The number of benzene rings is 3. The lowest BCUT2D eigenvalue weighted by Gasteiger charge is -2.34. The molecule has 220 valence electrons. The minimum absolute atomic E-state index is 0.0387. The lowest BCUT2D eigenvalue weighted by Crippen LogP contribution is -2.52. The van der Waals surface area contributed by atoms with E-state index in [-0.39, 0.29) is 40.2 Å². The van der Waals surface area contributed by atoms with Crippen molar-refractivity contribution >= 4 is 62.3 Å². The summed E-state index contributed by atoms with van der Waals surface area (Å²) in [5.74, 6) is -0.833. The molecule has 0 aliphatic heterocycles. The third-order valence-electron chi connectivity index (χ3n) is 6.34. The van der Waals surface area contributed by atoms with Crippen LogP contribution in [-0.4, -0.2) is 51.4 Å². The van der Waals surface area contributed by atoms with Gasteiger partial charge in [-0.05, 0) is 55.3 Å². The van der Waals surface area contributed by atoms with Gasteiger partial charge in [0, 0.05) is 33.7 Å². The fraction of sp³-hybridized carbons (Fsp3) is 0.310. The van der Waals surface area contributed by atoms with E-state index in [1.807, 2.05) is 6.92 Å². The second-order valence-electron chi connectivity index (χ2n) is 9.08.